The molecule has 0 aliphatic carbocycles. The van der Waals surface area contributed by atoms with Crippen LogP contribution in [0, 0.1) is 5.82 Å². The van der Waals surface area contributed by atoms with Gasteiger partial charge in [-0.3, -0.25) is 14.2 Å². The Bertz CT molecular complexity index is 1260. The second kappa shape index (κ2) is 10.1. The van der Waals surface area contributed by atoms with Crippen molar-refractivity contribution in [3.8, 4) is 17.1 Å². The number of rotatable bonds is 8. The van der Waals surface area contributed by atoms with E-state index in [-0.39, 0.29) is 18.1 Å². The van der Waals surface area contributed by atoms with Gasteiger partial charge in [0.15, 0.2) is 17.6 Å². The second-order valence-electron chi connectivity index (χ2n) is 6.43. The zero-order chi connectivity index (χ0) is 22.5. The minimum absolute atomic E-state index is 0.0965. The van der Waals surface area contributed by atoms with E-state index in [2.05, 4.69) is 10.2 Å². The van der Waals surface area contributed by atoms with Gasteiger partial charge >= 0.3 is 5.97 Å². The molecule has 2 aromatic carbocycles. The van der Waals surface area contributed by atoms with Crippen molar-refractivity contribution in [1.82, 2.24) is 14.8 Å². The van der Waals surface area contributed by atoms with E-state index in [9.17, 15) is 14.0 Å². The van der Waals surface area contributed by atoms with E-state index in [0.29, 0.717) is 25.8 Å². The molecule has 0 saturated carbocycles. The standard InChI is InChI=1S/C22H15ClFN3O3S2/c23-19-11-10-18(32-19)17(28)12-30-20(29)13-31-22-26-25-21(15-8-4-5-9-16(15)24)27(22)14-6-2-1-3-7-14/h1-11H,12-13H2. The molecule has 0 N–H and O–H groups in total. The van der Waals surface area contributed by atoms with Gasteiger partial charge in [0.25, 0.3) is 0 Å². The summed E-state index contributed by atoms with van der Waals surface area (Å²) in [6.07, 6.45) is 0. The highest BCUT2D eigenvalue weighted by atomic mass is 35.5. The third-order valence-electron chi connectivity index (χ3n) is 4.29. The predicted octanol–water partition coefficient (Wildman–Crippen LogP) is 5.31. The maximum absolute atomic E-state index is 14.4. The van der Waals surface area contributed by atoms with Crippen molar-refractivity contribution in [3.63, 3.8) is 0 Å². The van der Waals surface area contributed by atoms with Gasteiger partial charge in [-0.15, -0.1) is 21.5 Å². The molecule has 0 atom stereocenters. The number of esters is 1. The van der Waals surface area contributed by atoms with E-state index in [1.54, 1.807) is 34.9 Å². The molecule has 32 heavy (non-hydrogen) atoms. The predicted molar refractivity (Wildman–Crippen MR) is 122 cm³/mol. The van der Waals surface area contributed by atoms with Crippen LogP contribution < -0.4 is 0 Å². The molecule has 4 aromatic rings. The fraction of sp³-hybridized carbons (Fsp3) is 0.0909. The molecule has 0 saturated heterocycles. The molecule has 0 radical (unpaired) electrons. The van der Waals surface area contributed by atoms with E-state index in [1.807, 2.05) is 30.3 Å². The first-order valence-corrected chi connectivity index (χ1v) is 11.5. The van der Waals surface area contributed by atoms with Gasteiger partial charge in [0.05, 0.1) is 20.5 Å². The van der Waals surface area contributed by atoms with Gasteiger partial charge in [0, 0.05) is 5.69 Å². The summed E-state index contributed by atoms with van der Waals surface area (Å²) < 4.78 is 21.7. The van der Waals surface area contributed by atoms with E-state index >= 15 is 0 Å². The highest BCUT2D eigenvalue weighted by molar-refractivity contribution is 7.99. The van der Waals surface area contributed by atoms with E-state index in [1.165, 1.54) is 6.07 Å². The SMILES string of the molecule is O=C(CSc1nnc(-c2ccccc2F)n1-c1ccccc1)OCC(=O)c1ccc(Cl)s1. The van der Waals surface area contributed by atoms with Crippen molar-refractivity contribution in [2.75, 3.05) is 12.4 Å². The topological polar surface area (TPSA) is 74.1 Å². The van der Waals surface area contributed by atoms with Crippen LogP contribution in [0.2, 0.25) is 4.34 Å². The number of hydrogen-bond acceptors (Lipinski definition) is 7. The summed E-state index contributed by atoms with van der Waals surface area (Å²) in [7, 11) is 0. The molecule has 4 rings (SSSR count). The second-order valence-corrected chi connectivity index (χ2v) is 9.09. The minimum atomic E-state index is -0.582. The number of halogens is 2. The highest BCUT2D eigenvalue weighted by Crippen LogP contribution is 2.29. The molecule has 0 spiro atoms. The van der Waals surface area contributed by atoms with Crippen molar-refractivity contribution < 1.29 is 18.7 Å². The Labute approximate surface area is 196 Å². The highest BCUT2D eigenvalue weighted by Gasteiger charge is 2.20. The van der Waals surface area contributed by atoms with Crippen molar-refractivity contribution in [2.45, 2.75) is 5.16 Å². The van der Waals surface area contributed by atoms with Crippen LogP contribution in [0.3, 0.4) is 0 Å². The molecule has 2 heterocycles. The molecule has 10 heteroatoms. The molecule has 0 unspecified atom stereocenters. The maximum atomic E-state index is 14.4. The van der Waals surface area contributed by atoms with Gasteiger partial charge in [-0.2, -0.15) is 0 Å². The number of Topliss-reactive ketones (excluding diaryl/α,β-unsaturated/α-hetero) is 1. The van der Waals surface area contributed by atoms with Crippen molar-refractivity contribution >= 4 is 46.5 Å². The van der Waals surface area contributed by atoms with Gasteiger partial charge in [-0.05, 0) is 36.4 Å². The third-order valence-corrected chi connectivity index (χ3v) is 6.47. The van der Waals surface area contributed by atoms with E-state index < -0.39 is 11.8 Å². The van der Waals surface area contributed by atoms with Gasteiger partial charge < -0.3 is 4.74 Å². The van der Waals surface area contributed by atoms with Crippen molar-refractivity contribution in [3.05, 3.63) is 81.8 Å². The van der Waals surface area contributed by atoms with Crippen LogP contribution in [0.5, 0.6) is 0 Å². The first-order chi connectivity index (χ1) is 15.5. The Morgan fingerprint density at radius 1 is 1.03 bits per heavy atom. The molecular formula is C22H15ClFN3O3S2. The van der Waals surface area contributed by atoms with Crippen LogP contribution in [0.4, 0.5) is 4.39 Å². The number of benzene rings is 2. The number of carbonyl (C=O) groups excluding carboxylic acids is 2. The summed E-state index contributed by atoms with van der Waals surface area (Å²) in [5.74, 6) is -1.12. The first-order valence-electron chi connectivity index (χ1n) is 9.35. The molecule has 0 bridgehead atoms. The Hall–Kier alpha value is -3.01. The number of aromatic nitrogens is 3. The minimum Gasteiger partial charge on any atom is -0.457 e. The van der Waals surface area contributed by atoms with E-state index in [4.69, 9.17) is 16.3 Å². The lowest BCUT2D eigenvalue weighted by Crippen LogP contribution is -2.15. The number of para-hydroxylation sites is 1. The Kier molecular flexibility index (Phi) is 6.99. The average Bonchev–Trinajstić information content (AvgIpc) is 3.43. The molecule has 0 amide bonds. The number of thiophene rings is 1. The summed E-state index contributed by atoms with van der Waals surface area (Å²) in [5.41, 5.74) is 1.01. The van der Waals surface area contributed by atoms with Crippen molar-refractivity contribution in [2.24, 2.45) is 0 Å². The van der Waals surface area contributed by atoms with Crippen molar-refractivity contribution in [1.29, 1.82) is 0 Å². The Morgan fingerprint density at radius 3 is 2.50 bits per heavy atom. The largest absolute Gasteiger partial charge is 0.457 e. The lowest BCUT2D eigenvalue weighted by atomic mass is 10.2. The number of ether oxygens (including phenoxy) is 1. The Balaban J connectivity index is 1.49. The lowest BCUT2D eigenvalue weighted by Gasteiger charge is -2.10. The summed E-state index contributed by atoms with van der Waals surface area (Å²) in [4.78, 5) is 24.7. The van der Waals surface area contributed by atoms with Crippen LogP contribution in [-0.2, 0) is 9.53 Å². The monoisotopic (exact) mass is 487 g/mol. The fourth-order valence-corrected chi connectivity index (χ4v) is 4.55. The normalized spacial score (nSPS) is 10.8. The molecule has 2 aromatic heterocycles. The maximum Gasteiger partial charge on any atom is 0.316 e. The lowest BCUT2D eigenvalue weighted by molar-refractivity contribution is -0.139. The summed E-state index contributed by atoms with van der Waals surface area (Å²) >= 11 is 8.03. The average molecular weight is 488 g/mol. The van der Waals surface area contributed by atoms with Crippen LogP contribution in [0.15, 0.2) is 71.9 Å². The first kappa shape index (κ1) is 22.2. The smallest absolute Gasteiger partial charge is 0.316 e. The summed E-state index contributed by atoms with van der Waals surface area (Å²) in [5, 5.41) is 8.69. The number of hydrogen-bond donors (Lipinski definition) is 0. The van der Waals surface area contributed by atoms with Gasteiger partial charge in [0.2, 0.25) is 5.78 Å². The summed E-state index contributed by atoms with van der Waals surface area (Å²) in [6.45, 7) is -0.373. The Morgan fingerprint density at radius 2 is 1.78 bits per heavy atom. The van der Waals surface area contributed by atoms with Crippen LogP contribution in [0.25, 0.3) is 17.1 Å². The molecule has 6 nitrogen and oxygen atoms in total. The number of nitrogens with zero attached hydrogens (tertiary/aromatic N) is 3. The fourth-order valence-electron chi connectivity index (χ4n) is 2.84. The molecular weight excluding hydrogens is 473 g/mol. The summed E-state index contributed by atoms with van der Waals surface area (Å²) in [6, 6.07) is 18.7. The quantitative estimate of drug-likeness (QED) is 0.190. The zero-order valence-electron chi connectivity index (χ0n) is 16.4. The van der Waals surface area contributed by atoms with Crippen LogP contribution >= 0.6 is 34.7 Å². The van der Waals surface area contributed by atoms with Gasteiger partial charge in [-0.1, -0.05) is 53.7 Å². The van der Waals surface area contributed by atoms with Crippen LogP contribution in [0.1, 0.15) is 9.67 Å². The molecule has 0 aliphatic heterocycles. The number of thioether (sulfide) groups is 1. The van der Waals surface area contributed by atoms with Crippen LogP contribution in [-0.4, -0.2) is 38.9 Å². The number of ketones is 1. The zero-order valence-corrected chi connectivity index (χ0v) is 18.8. The molecule has 162 valence electrons. The number of carbonyl (C=O) groups is 2. The molecule has 0 aliphatic rings. The third kappa shape index (κ3) is 5.07. The molecule has 0 fully saturated rings. The van der Waals surface area contributed by atoms with Gasteiger partial charge in [-0.25, -0.2) is 4.39 Å². The van der Waals surface area contributed by atoms with E-state index in [0.717, 1.165) is 28.8 Å². The van der Waals surface area contributed by atoms with Gasteiger partial charge in [0.1, 0.15) is 5.82 Å².